The van der Waals surface area contributed by atoms with Crippen molar-refractivity contribution in [1.82, 2.24) is 4.98 Å². The summed E-state index contributed by atoms with van der Waals surface area (Å²) in [7, 11) is 0. The van der Waals surface area contributed by atoms with E-state index in [0.29, 0.717) is 11.9 Å². The van der Waals surface area contributed by atoms with Crippen LogP contribution in [0.25, 0.3) is 10.9 Å². The van der Waals surface area contributed by atoms with Crippen LogP contribution in [-0.2, 0) is 5.88 Å². The Bertz CT molecular complexity index is 611. The molecule has 1 atom stereocenters. The molecule has 0 radical (unpaired) electrons. The van der Waals surface area contributed by atoms with Gasteiger partial charge in [-0.1, -0.05) is 38.0 Å². The SMILES string of the molecule is CCC1CCCCCN1c1nc2ccccc2cc1CCl. The van der Waals surface area contributed by atoms with Gasteiger partial charge in [0.1, 0.15) is 5.82 Å². The van der Waals surface area contributed by atoms with Gasteiger partial charge >= 0.3 is 0 Å². The largest absolute Gasteiger partial charge is 0.353 e. The fraction of sp³-hybridized carbons (Fsp3) is 0.500. The highest BCUT2D eigenvalue weighted by Gasteiger charge is 2.23. The summed E-state index contributed by atoms with van der Waals surface area (Å²) in [6.45, 7) is 3.39. The van der Waals surface area contributed by atoms with Gasteiger partial charge in [0, 0.05) is 23.5 Å². The molecule has 1 fully saturated rings. The van der Waals surface area contributed by atoms with Crippen molar-refractivity contribution in [3.05, 3.63) is 35.9 Å². The number of aromatic nitrogens is 1. The molecule has 1 aromatic carbocycles. The first-order valence-corrected chi connectivity index (χ1v) is 8.58. The lowest BCUT2D eigenvalue weighted by Crippen LogP contribution is -2.35. The minimum Gasteiger partial charge on any atom is -0.353 e. The lowest BCUT2D eigenvalue weighted by Gasteiger charge is -2.32. The van der Waals surface area contributed by atoms with Crippen molar-refractivity contribution in [2.24, 2.45) is 0 Å². The molecule has 0 bridgehead atoms. The number of hydrogen-bond acceptors (Lipinski definition) is 2. The van der Waals surface area contributed by atoms with Crippen LogP contribution in [0.4, 0.5) is 5.82 Å². The van der Waals surface area contributed by atoms with Gasteiger partial charge in [0.2, 0.25) is 0 Å². The molecule has 0 saturated carbocycles. The van der Waals surface area contributed by atoms with E-state index in [1.807, 2.05) is 0 Å². The van der Waals surface area contributed by atoms with Crippen LogP contribution in [0.2, 0.25) is 0 Å². The van der Waals surface area contributed by atoms with Gasteiger partial charge in [-0.15, -0.1) is 11.6 Å². The van der Waals surface area contributed by atoms with E-state index in [4.69, 9.17) is 16.6 Å². The molecule has 2 nitrogen and oxygen atoms in total. The summed E-state index contributed by atoms with van der Waals surface area (Å²) in [5.41, 5.74) is 2.23. The van der Waals surface area contributed by atoms with Crippen molar-refractivity contribution in [3.63, 3.8) is 0 Å². The van der Waals surface area contributed by atoms with Crippen molar-refractivity contribution >= 4 is 28.3 Å². The maximum Gasteiger partial charge on any atom is 0.133 e. The first-order chi connectivity index (χ1) is 10.3. The topological polar surface area (TPSA) is 16.1 Å². The number of nitrogens with zero attached hydrogens (tertiary/aromatic N) is 2. The Morgan fingerprint density at radius 1 is 1.24 bits per heavy atom. The van der Waals surface area contributed by atoms with Gasteiger partial charge in [-0.2, -0.15) is 0 Å². The molecule has 3 rings (SSSR count). The molecule has 0 N–H and O–H groups in total. The number of alkyl halides is 1. The van der Waals surface area contributed by atoms with Gasteiger partial charge < -0.3 is 4.90 Å². The summed E-state index contributed by atoms with van der Waals surface area (Å²) in [4.78, 5) is 7.46. The highest BCUT2D eigenvalue weighted by molar-refractivity contribution is 6.17. The highest BCUT2D eigenvalue weighted by atomic mass is 35.5. The predicted octanol–water partition coefficient (Wildman–Crippen LogP) is 5.13. The number of fused-ring (bicyclic) bond motifs is 1. The van der Waals surface area contributed by atoms with Gasteiger partial charge in [-0.05, 0) is 31.4 Å². The number of para-hydroxylation sites is 1. The van der Waals surface area contributed by atoms with E-state index >= 15 is 0 Å². The quantitative estimate of drug-likeness (QED) is 0.730. The Hall–Kier alpha value is -1.28. The molecule has 1 aliphatic rings. The Kier molecular flexibility index (Phi) is 4.64. The zero-order valence-electron chi connectivity index (χ0n) is 12.7. The monoisotopic (exact) mass is 302 g/mol. The molecule has 0 aliphatic carbocycles. The molecule has 112 valence electrons. The van der Waals surface area contributed by atoms with Crippen molar-refractivity contribution in [1.29, 1.82) is 0 Å². The second-order valence-corrected chi connectivity index (χ2v) is 6.17. The first-order valence-electron chi connectivity index (χ1n) is 8.04. The van der Waals surface area contributed by atoms with Crippen LogP contribution in [0.5, 0.6) is 0 Å². The molecule has 3 heteroatoms. The van der Waals surface area contributed by atoms with Crippen LogP contribution in [0.3, 0.4) is 0 Å². The number of benzene rings is 1. The minimum absolute atomic E-state index is 0.528. The van der Waals surface area contributed by atoms with E-state index in [2.05, 4.69) is 42.2 Å². The minimum atomic E-state index is 0.528. The summed E-state index contributed by atoms with van der Waals surface area (Å²) < 4.78 is 0. The van der Waals surface area contributed by atoms with Crippen LogP contribution in [0.1, 0.15) is 44.6 Å². The van der Waals surface area contributed by atoms with Crippen LogP contribution in [0.15, 0.2) is 30.3 Å². The van der Waals surface area contributed by atoms with Gasteiger partial charge in [0.25, 0.3) is 0 Å². The van der Waals surface area contributed by atoms with E-state index in [0.717, 1.165) is 23.4 Å². The maximum absolute atomic E-state index is 6.22. The third-order valence-corrected chi connectivity index (χ3v) is 4.83. The van der Waals surface area contributed by atoms with Crippen molar-refractivity contribution in [2.45, 2.75) is 50.9 Å². The Labute approximate surface area is 132 Å². The first kappa shape index (κ1) is 14.6. The average molecular weight is 303 g/mol. The molecule has 2 heterocycles. The van der Waals surface area contributed by atoms with Crippen molar-refractivity contribution in [3.8, 4) is 0 Å². The molecule has 0 amide bonds. The number of pyridine rings is 1. The second-order valence-electron chi connectivity index (χ2n) is 5.90. The summed E-state index contributed by atoms with van der Waals surface area (Å²) in [5, 5.41) is 1.18. The van der Waals surface area contributed by atoms with E-state index in [1.165, 1.54) is 37.5 Å². The molecule has 1 aromatic heterocycles. The van der Waals surface area contributed by atoms with E-state index < -0.39 is 0 Å². The molecule has 1 saturated heterocycles. The number of rotatable bonds is 3. The number of anilines is 1. The van der Waals surface area contributed by atoms with Crippen LogP contribution < -0.4 is 4.90 Å². The average Bonchev–Trinajstić information content (AvgIpc) is 2.78. The lowest BCUT2D eigenvalue weighted by atomic mass is 10.1. The second kappa shape index (κ2) is 6.65. The Morgan fingerprint density at radius 3 is 2.90 bits per heavy atom. The third kappa shape index (κ3) is 3.01. The molecular formula is C18H23ClN2. The summed E-state index contributed by atoms with van der Waals surface area (Å²) in [5.74, 6) is 1.64. The maximum atomic E-state index is 6.22. The van der Waals surface area contributed by atoms with Gasteiger partial charge in [0.05, 0.1) is 11.4 Å². The molecule has 1 unspecified atom stereocenters. The fourth-order valence-electron chi connectivity index (χ4n) is 3.38. The fourth-order valence-corrected chi connectivity index (χ4v) is 3.57. The lowest BCUT2D eigenvalue weighted by molar-refractivity contribution is 0.552. The van der Waals surface area contributed by atoms with Crippen molar-refractivity contribution in [2.75, 3.05) is 11.4 Å². The van der Waals surface area contributed by atoms with Crippen LogP contribution in [0, 0.1) is 0 Å². The normalized spacial score (nSPS) is 19.7. The van der Waals surface area contributed by atoms with Gasteiger partial charge in [-0.3, -0.25) is 0 Å². The predicted molar refractivity (Wildman–Crippen MR) is 91.2 cm³/mol. The van der Waals surface area contributed by atoms with E-state index in [1.54, 1.807) is 0 Å². The molecule has 1 aliphatic heterocycles. The van der Waals surface area contributed by atoms with Crippen molar-refractivity contribution < 1.29 is 0 Å². The molecule has 21 heavy (non-hydrogen) atoms. The zero-order chi connectivity index (χ0) is 14.7. The summed E-state index contributed by atoms with van der Waals surface area (Å²) >= 11 is 6.22. The standard InChI is InChI=1S/C18H23ClN2/c1-2-16-9-4-3-7-11-21(16)18-15(13-19)12-14-8-5-6-10-17(14)20-18/h5-6,8,10,12,16H,2-4,7,9,11,13H2,1H3. The van der Waals surface area contributed by atoms with Gasteiger partial charge in [-0.25, -0.2) is 4.98 Å². The summed E-state index contributed by atoms with van der Waals surface area (Å²) in [6, 6.07) is 11.1. The smallest absolute Gasteiger partial charge is 0.133 e. The van der Waals surface area contributed by atoms with E-state index in [9.17, 15) is 0 Å². The third-order valence-electron chi connectivity index (χ3n) is 4.54. The van der Waals surface area contributed by atoms with E-state index in [-0.39, 0.29) is 0 Å². The zero-order valence-corrected chi connectivity index (χ0v) is 13.4. The molecular weight excluding hydrogens is 280 g/mol. The number of halogens is 1. The van der Waals surface area contributed by atoms with Crippen LogP contribution in [-0.4, -0.2) is 17.6 Å². The Morgan fingerprint density at radius 2 is 2.10 bits per heavy atom. The molecule has 2 aromatic rings. The van der Waals surface area contributed by atoms with Crippen LogP contribution >= 0.6 is 11.6 Å². The highest BCUT2D eigenvalue weighted by Crippen LogP contribution is 2.30. The molecule has 0 spiro atoms. The Balaban J connectivity index is 2.07. The van der Waals surface area contributed by atoms with Gasteiger partial charge in [0.15, 0.2) is 0 Å². The number of hydrogen-bond donors (Lipinski definition) is 0. The summed E-state index contributed by atoms with van der Waals surface area (Å²) in [6.07, 6.45) is 6.37.